The molecule has 2 aromatic carbocycles. The van der Waals surface area contributed by atoms with Crippen LogP contribution in [0.4, 0.5) is 0 Å². The van der Waals surface area contributed by atoms with Crippen molar-refractivity contribution in [2.45, 2.75) is 66.4 Å². The molecule has 0 saturated heterocycles. The van der Waals surface area contributed by atoms with Crippen molar-refractivity contribution in [3.63, 3.8) is 0 Å². The number of aliphatic hydroxyl groups excluding tert-OH is 2. The van der Waals surface area contributed by atoms with Crippen molar-refractivity contribution in [1.29, 1.82) is 0 Å². The first kappa shape index (κ1) is 38.6. The number of hydrogen-bond acceptors (Lipinski definition) is 6. The average molecular weight is 625 g/mol. The van der Waals surface area contributed by atoms with Crippen LogP contribution in [0.5, 0.6) is 5.75 Å². The number of esters is 1. The predicted octanol–water partition coefficient (Wildman–Crippen LogP) is 8.63. The quantitative estimate of drug-likeness (QED) is 0.165. The highest BCUT2D eigenvalue weighted by atomic mass is 35.5. The van der Waals surface area contributed by atoms with Crippen molar-refractivity contribution in [2.24, 2.45) is 11.8 Å². The molecule has 4 rings (SSSR count). The topological polar surface area (TPSA) is 93.1 Å². The first-order valence-corrected chi connectivity index (χ1v) is 14.9. The monoisotopic (exact) mass is 624 g/mol. The summed E-state index contributed by atoms with van der Waals surface area (Å²) < 4.78 is 10.4. The number of carbonyl (C=O) groups is 2. The van der Waals surface area contributed by atoms with Crippen molar-refractivity contribution in [3.8, 4) is 5.75 Å². The summed E-state index contributed by atoms with van der Waals surface area (Å²) in [5.41, 5.74) is 6.68. The number of allylic oxidation sites excluding steroid dienone is 4. The van der Waals surface area contributed by atoms with Crippen LogP contribution in [0.15, 0.2) is 96.1 Å². The summed E-state index contributed by atoms with van der Waals surface area (Å²) in [7, 11) is 1.60. The predicted molar refractivity (Wildman–Crippen MR) is 180 cm³/mol. The van der Waals surface area contributed by atoms with Gasteiger partial charge in [-0.1, -0.05) is 56.0 Å². The maximum absolute atomic E-state index is 12.0. The molecule has 2 atom stereocenters. The number of benzene rings is 2. The lowest BCUT2D eigenvalue weighted by Gasteiger charge is -2.22. The smallest absolute Gasteiger partial charge is 0.338 e. The van der Waals surface area contributed by atoms with Crippen molar-refractivity contribution in [1.82, 2.24) is 0 Å². The van der Waals surface area contributed by atoms with Crippen molar-refractivity contribution in [2.75, 3.05) is 20.3 Å². The first-order chi connectivity index (χ1) is 20.6. The maximum atomic E-state index is 12.0. The fraction of sp³-hybridized carbons (Fsp3) is 0.405. The SMILES string of the molecule is C.C=C(C)[C@@H]1CC=C(CO)CC1.C=C(C)[C@@H]1CC=C(COC(=O)c2ccc(OC)cc2)CC1.O=C(Cl)c1ccc(CO)cc1. The number of halogens is 1. The van der Waals surface area contributed by atoms with E-state index in [9.17, 15) is 9.59 Å². The Balaban J connectivity index is 0.000000357. The van der Waals surface area contributed by atoms with Gasteiger partial charge in [-0.25, -0.2) is 4.79 Å². The minimum absolute atomic E-state index is 0. The molecule has 0 bridgehead atoms. The second-order valence-corrected chi connectivity index (χ2v) is 11.3. The number of carbonyl (C=O) groups excluding carboxylic acids is 2. The number of methoxy groups -OCH3 is 1. The number of hydrogen-bond donors (Lipinski definition) is 2. The van der Waals surface area contributed by atoms with Crippen LogP contribution in [0.25, 0.3) is 0 Å². The molecule has 0 heterocycles. The lowest BCUT2D eigenvalue weighted by atomic mass is 9.86. The molecule has 0 fully saturated rings. The third-order valence-electron chi connectivity index (χ3n) is 7.68. The van der Waals surface area contributed by atoms with Crippen LogP contribution in [0.3, 0.4) is 0 Å². The molecule has 0 saturated carbocycles. The molecule has 2 aliphatic rings. The van der Waals surface area contributed by atoms with Gasteiger partial charge in [-0.15, -0.1) is 0 Å². The van der Waals surface area contributed by atoms with Gasteiger partial charge < -0.3 is 19.7 Å². The molecule has 0 unspecified atom stereocenters. The Hall–Kier alpha value is -3.45. The first-order valence-electron chi connectivity index (χ1n) is 14.6. The second-order valence-electron chi connectivity index (χ2n) is 11.0. The molecule has 0 amide bonds. The van der Waals surface area contributed by atoms with E-state index >= 15 is 0 Å². The Morgan fingerprint density at radius 2 is 1.32 bits per heavy atom. The van der Waals surface area contributed by atoms with E-state index in [2.05, 4.69) is 39.2 Å². The highest BCUT2D eigenvalue weighted by molar-refractivity contribution is 6.67. The highest BCUT2D eigenvalue weighted by Crippen LogP contribution is 2.29. The number of ether oxygens (including phenoxy) is 2. The molecule has 6 nitrogen and oxygen atoms in total. The second kappa shape index (κ2) is 20.5. The van der Waals surface area contributed by atoms with Crippen molar-refractivity contribution < 1.29 is 29.3 Å². The summed E-state index contributed by atoms with van der Waals surface area (Å²) in [5, 5.41) is 17.0. The Morgan fingerprint density at radius 3 is 1.70 bits per heavy atom. The standard InChI is InChI=1S/C18H22O3.C10H16O.C8H7ClO2.CH4/c1-13(2)15-6-4-14(5-7-15)12-21-18(19)16-8-10-17(20-3)11-9-16;1-8(2)10-5-3-9(7-11)4-6-10;9-8(11)7-3-1-6(5-10)2-4-7;/h4,8-11,15H,1,5-7,12H2,2-3H3;3,10-11H,1,4-7H2,2H3;1-4,10H,5H2;1H4/t15-;10-;;/m11../s1. The molecule has 0 radical (unpaired) electrons. The minimum atomic E-state index is -0.477. The van der Waals surface area contributed by atoms with Gasteiger partial charge in [-0.05, 0) is 129 Å². The molecular formula is C37H49ClO6. The molecule has 7 heteroatoms. The molecular weight excluding hydrogens is 576 g/mol. The Morgan fingerprint density at radius 1 is 0.818 bits per heavy atom. The van der Waals surface area contributed by atoms with Crippen molar-refractivity contribution in [3.05, 3.63) is 113 Å². The van der Waals surface area contributed by atoms with E-state index in [-0.39, 0.29) is 26.6 Å². The zero-order valence-corrected chi connectivity index (χ0v) is 26.4. The highest BCUT2D eigenvalue weighted by Gasteiger charge is 2.16. The minimum Gasteiger partial charge on any atom is -0.497 e. The van der Waals surface area contributed by atoms with Gasteiger partial charge in [0.05, 0.1) is 25.9 Å². The van der Waals surface area contributed by atoms with Crippen LogP contribution in [-0.2, 0) is 11.3 Å². The van der Waals surface area contributed by atoms with Gasteiger partial charge in [0, 0.05) is 5.56 Å². The van der Waals surface area contributed by atoms with Crippen LogP contribution < -0.4 is 4.74 Å². The van der Waals surface area contributed by atoms with Gasteiger partial charge in [0.1, 0.15) is 12.4 Å². The Bertz CT molecular complexity index is 1270. The van der Waals surface area contributed by atoms with E-state index in [4.69, 9.17) is 31.3 Å². The zero-order valence-electron chi connectivity index (χ0n) is 25.6. The summed E-state index contributed by atoms with van der Waals surface area (Å²) in [6.45, 7) is 12.7. The van der Waals surface area contributed by atoms with Crippen LogP contribution in [0, 0.1) is 11.8 Å². The van der Waals surface area contributed by atoms with E-state index in [1.165, 1.54) is 28.7 Å². The van der Waals surface area contributed by atoms with Gasteiger partial charge >= 0.3 is 5.97 Å². The van der Waals surface area contributed by atoms with Gasteiger partial charge in [0.15, 0.2) is 0 Å². The van der Waals surface area contributed by atoms with Crippen LogP contribution >= 0.6 is 11.6 Å². The molecule has 240 valence electrons. The Labute approximate surface area is 268 Å². The lowest BCUT2D eigenvalue weighted by molar-refractivity contribution is 0.0535. The zero-order chi connectivity index (χ0) is 31.8. The Kier molecular flexibility index (Phi) is 18.0. The molecule has 2 aliphatic carbocycles. The summed E-state index contributed by atoms with van der Waals surface area (Å²) in [6.07, 6.45) is 10.7. The normalized spacial score (nSPS) is 17.0. The van der Waals surface area contributed by atoms with Crippen molar-refractivity contribution >= 4 is 22.8 Å². The molecule has 0 spiro atoms. The largest absolute Gasteiger partial charge is 0.497 e. The third-order valence-corrected chi connectivity index (χ3v) is 7.90. The fourth-order valence-corrected chi connectivity index (χ4v) is 4.78. The summed E-state index contributed by atoms with van der Waals surface area (Å²) >= 11 is 5.20. The molecule has 44 heavy (non-hydrogen) atoms. The van der Waals surface area contributed by atoms with E-state index in [0.29, 0.717) is 29.6 Å². The maximum Gasteiger partial charge on any atom is 0.338 e. The van der Waals surface area contributed by atoms with E-state index < -0.39 is 5.24 Å². The lowest BCUT2D eigenvalue weighted by Crippen LogP contribution is -2.12. The molecule has 2 N–H and O–H groups in total. The number of rotatable bonds is 9. The number of aliphatic hydroxyl groups is 2. The summed E-state index contributed by atoms with van der Waals surface area (Å²) in [6, 6.07) is 13.4. The van der Waals surface area contributed by atoms with E-state index in [1.54, 1.807) is 55.6 Å². The fourth-order valence-electron chi connectivity index (χ4n) is 4.66. The van der Waals surface area contributed by atoms with Gasteiger partial charge in [0.25, 0.3) is 5.24 Å². The third kappa shape index (κ3) is 13.5. The van der Waals surface area contributed by atoms with Crippen LogP contribution in [-0.4, -0.2) is 41.7 Å². The van der Waals surface area contributed by atoms with Gasteiger partial charge in [-0.2, -0.15) is 0 Å². The van der Waals surface area contributed by atoms with Gasteiger partial charge in [-0.3, -0.25) is 4.79 Å². The van der Waals surface area contributed by atoms with Gasteiger partial charge in [0.2, 0.25) is 0 Å². The summed E-state index contributed by atoms with van der Waals surface area (Å²) in [4.78, 5) is 22.5. The molecule has 0 aromatic heterocycles. The average Bonchev–Trinajstić information content (AvgIpc) is 3.04. The molecule has 2 aromatic rings. The van der Waals surface area contributed by atoms with E-state index in [1.807, 2.05) is 0 Å². The van der Waals surface area contributed by atoms with Crippen LogP contribution in [0.1, 0.15) is 86.1 Å². The summed E-state index contributed by atoms with van der Waals surface area (Å²) in [5.74, 6) is 1.67. The van der Waals surface area contributed by atoms with Crippen LogP contribution in [0.2, 0.25) is 0 Å². The molecule has 0 aliphatic heterocycles. The van der Waals surface area contributed by atoms with E-state index in [0.717, 1.165) is 43.4 Å².